The van der Waals surface area contributed by atoms with E-state index in [-0.39, 0.29) is 12.7 Å². The van der Waals surface area contributed by atoms with E-state index in [2.05, 4.69) is 4.98 Å². The van der Waals surface area contributed by atoms with Gasteiger partial charge in [0.05, 0.1) is 5.69 Å². The molecule has 0 saturated heterocycles. The number of hydrogen-bond acceptors (Lipinski definition) is 5. The average Bonchev–Trinajstić information content (AvgIpc) is 3.04. The smallest absolute Gasteiger partial charge is 0.347 e. The standard InChI is InChI=1S/C14H13NO4S/c1-7(2)11-12(14(16)17)20-13(15-11)8-3-4-9-10(5-8)19-6-18-9/h3-5,7H,6H2,1-2H3,(H,16,17). The number of aromatic carboxylic acids is 1. The Hall–Kier alpha value is -2.08. The Morgan fingerprint density at radius 2 is 2.10 bits per heavy atom. The van der Waals surface area contributed by atoms with Crippen molar-refractivity contribution in [2.24, 2.45) is 0 Å². The molecule has 0 spiro atoms. The lowest BCUT2D eigenvalue weighted by molar-refractivity contribution is 0.0700. The van der Waals surface area contributed by atoms with Crippen LogP contribution in [0.1, 0.15) is 35.1 Å². The molecule has 6 heteroatoms. The molecule has 0 aliphatic carbocycles. The minimum absolute atomic E-state index is 0.0695. The Kier molecular flexibility index (Phi) is 3.10. The summed E-state index contributed by atoms with van der Waals surface area (Å²) in [5.74, 6) is 0.506. The Bertz CT molecular complexity index is 678. The zero-order chi connectivity index (χ0) is 14.3. The fourth-order valence-corrected chi connectivity index (χ4v) is 3.08. The van der Waals surface area contributed by atoms with Crippen LogP contribution in [0.3, 0.4) is 0 Å². The second-order valence-electron chi connectivity index (χ2n) is 4.76. The van der Waals surface area contributed by atoms with E-state index in [9.17, 15) is 9.90 Å². The van der Waals surface area contributed by atoms with Gasteiger partial charge in [0.1, 0.15) is 9.88 Å². The van der Waals surface area contributed by atoms with Crippen LogP contribution >= 0.6 is 11.3 Å². The molecule has 104 valence electrons. The van der Waals surface area contributed by atoms with Gasteiger partial charge in [-0.25, -0.2) is 9.78 Å². The summed E-state index contributed by atoms with van der Waals surface area (Å²) in [7, 11) is 0. The van der Waals surface area contributed by atoms with Gasteiger partial charge >= 0.3 is 5.97 Å². The Labute approximate surface area is 119 Å². The molecule has 3 rings (SSSR count). The van der Waals surface area contributed by atoms with Crippen molar-refractivity contribution < 1.29 is 19.4 Å². The van der Waals surface area contributed by atoms with Crippen LogP contribution in [0.25, 0.3) is 10.6 Å². The SMILES string of the molecule is CC(C)c1nc(-c2ccc3c(c2)OCO3)sc1C(=O)O. The van der Waals surface area contributed by atoms with E-state index in [1.165, 1.54) is 11.3 Å². The second kappa shape index (κ2) is 4.79. The number of carboxylic acids is 1. The van der Waals surface area contributed by atoms with Gasteiger partial charge in [-0.15, -0.1) is 11.3 Å². The van der Waals surface area contributed by atoms with Crippen LogP contribution in [0, 0.1) is 0 Å². The Balaban J connectivity index is 2.06. The molecule has 1 aliphatic heterocycles. The minimum Gasteiger partial charge on any atom is -0.477 e. The largest absolute Gasteiger partial charge is 0.477 e. The quantitative estimate of drug-likeness (QED) is 0.939. The lowest BCUT2D eigenvalue weighted by Gasteiger charge is -2.01. The molecule has 0 saturated carbocycles. The monoisotopic (exact) mass is 291 g/mol. The molecule has 2 aromatic rings. The van der Waals surface area contributed by atoms with E-state index < -0.39 is 5.97 Å². The van der Waals surface area contributed by atoms with Crippen LogP contribution in [0.5, 0.6) is 11.5 Å². The van der Waals surface area contributed by atoms with Crippen molar-refractivity contribution in [2.75, 3.05) is 6.79 Å². The number of thiazole rings is 1. The van der Waals surface area contributed by atoms with Gasteiger partial charge in [-0.05, 0) is 24.1 Å². The van der Waals surface area contributed by atoms with Gasteiger partial charge in [-0.3, -0.25) is 0 Å². The third-order valence-electron chi connectivity index (χ3n) is 3.01. The van der Waals surface area contributed by atoms with Crippen molar-refractivity contribution in [3.8, 4) is 22.1 Å². The summed E-state index contributed by atoms with van der Waals surface area (Å²) in [5.41, 5.74) is 1.46. The maximum absolute atomic E-state index is 11.3. The minimum atomic E-state index is -0.932. The summed E-state index contributed by atoms with van der Waals surface area (Å²) < 4.78 is 10.6. The van der Waals surface area contributed by atoms with Gasteiger partial charge in [0.15, 0.2) is 11.5 Å². The summed E-state index contributed by atoms with van der Waals surface area (Å²) in [6.07, 6.45) is 0. The summed E-state index contributed by atoms with van der Waals surface area (Å²) in [4.78, 5) is 16.1. The van der Waals surface area contributed by atoms with Crippen molar-refractivity contribution in [3.05, 3.63) is 28.8 Å². The van der Waals surface area contributed by atoms with Gasteiger partial charge in [0.25, 0.3) is 0 Å². The predicted octanol–water partition coefficient (Wildman–Crippen LogP) is 3.36. The first-order valence-corrected chi connectivity index (χ1v) is 7.02. The number of hydrogen-bond donors (Lipinski definition) is 1. The van der Waals surface area contributed by atoms with Crippen molar-refractivity contribution in [3.63, 3.8) is 0 Å². The highest BCUT2D eigenvalue weighted by atomic mass is 32.1. The maximum atomic E-state index is 11.3. The molecule has 1 aromatic heterocycles. The first-order valence-electron chi connectivity index (χ1n) is 6.20. The second-order valence-corrected chi connectivity index (χ2v) is 5.76. The van der Waals surface area contributed by atoms with Crippen molar-refractivity contribution >= 4 is 17.3 Å². The van der Waals surface area contributed by atoms with E-state index in [1.54, 1.807) is 0 Å². The highest BCUT2D eigenvalue weighted by Crippen LogP contribution is 2.38. The van der Waals surface area contributed by atoms with Crippen molar-refractivity contribution in [2.45, 2.75) is 19.8 Å². The van der Waals surface area contributed by atoms with Crippen LogP contribution < -0.4 is 9.47 Å². The van der Waals surface area contributed by atoms with Gasteiger partial charge in [0, 0.05) is 5.56 Å². The van der Waals surface area contributed by atoms with Crippen LogP contribution in [0.2, 0.25) is 0 Å². The Morgan fingerprint density at radius 3 is 2.75 bits per heavy atom. The molecule has 5 nitrogen and oxygen atoms in total. The molecule has 1 aliphatic rings. The van der Waals surface area contributed by atoms with Crippen molar-refractivity contribution in [1.82, 2.24) is 4.98 Å². The number of aromatic nitrogens is 1. The fourth-order valence-electron chi connectivity index (χ4n) is 2.03. The van der Waals surface area contributed by atoms with Crippen LogP contribution in [0.4, 0.5) is 0 Å². The number of nitrogens with zero attached hydrogens (tertiary/aromatic N) is 1. The van der Waals surface area contributed by atoms with Gasteiger partial charge < -0.3 is 14.6 Å². The molecule has 0 fully saturated rings. The molecule has 0 bridgehead atoms. The number of carboxylic acid groups (broad SMARTS) is 1. The van der Waals surface area contributed by atoms with Crippen LogP contribution in [-0.2, 0) is 0 Å². The molecule has 0 unspecified atom stereocenters. The molecule has 1 aromatic carbocycles. The van der Waals surface area contributed by atoms with Gasteiger partial charge in [-0.1, -0.05) is 13.8 Å². The van der Waals surface area contributed by atoms with E-state index >= 15 is 0 Å². The molecular formula is C14H13NO4S. The number of ether oxygens (including phenoxy) is 2. The van der Waals surface area contributed by atoms with Gasteiger partial charge in [-0.2, -0.15) is 0 Å². The number of rotatable bonds is 3. The molecular weight excluding hydrogens is 278 g/mol. The maximum Gasteiger partial charge on any atom is 0.347 e. The lowest BCUT2D eigenvalue weighted by Crippen LogP contribution is -2.00. The number of fused-ring (bicyclic) bond motifs is 1. The van der Waals surface area contributed by atoms with Gasteiger partial charge in [0.2, 0.25) is 6.79 Å². The molecule has 0 radical (unpaired) electrons. The molecule has 0 amide bonds. The van der Waals surface area contributed by atoms with E-state index in [1.807, 2.05) is 32.0 Å². The summed E-state index contributed by atoms with van der Waals surface area (Å²) in [5, 5.41) is 9.94. The zero-order valence-electron chi connectivity index (χ0n) is 11.0. The average molecular weight is 291 g/mol. The number of carbonyl (C=O) groups is 1. The molecule has 0 atom stereocenters. The van der Waals surface area contributed by atoms with Crippen LogP contribution in [-0.4, -0.2) is 22.9 Å². The first-order chi connectivity index (χ1) is 9.56. The highest BCUT2D eigenvalue weighted by molar-refractivity contribution is 7.17. The summed E-state index contributed by atoms with van der Waals surface area (Å²) in [6, 6.07) is 5.51. The third-order valence-corrected chi connectivity index (χ3v) is 4.12. The molecule has 2 heterocycles. The normalized spacial score (nSPS) is 12.9. The van der Waals surface area contributed by atoms with Crippen LogP contribution in [0.15, 0.2) is 18.2 Å². The third kappa shape index (κ3) is 2.12. The number of benzene rings is 1. The molecule has 20 heavy (non-hydrogen) atoms. The first kappa shape index (κ1) is 12.9. The summed E-state index contributed by atoms with van der Waals surface area (Å²) in [6.45, 7) is 4.09. The zero-order valence-corrected chi connectivity index (χ0v) is 11.9. The van der Waals surface area contributed by atoms with Crippen molar-refractivity contribution in [1.29, 1.82) is 0 Å². The lowest BCUT2D eigenvalue weighted by atomic mass is 10.1. The predicted molar refractivity (Wildman–Crippen MR) is 74.7 cm³/mol. The Morgan fingerprint density at radius 1 is 1.35 bits per heavy atom. The topological polar surface area (TPSA) is 68.7 Å². The fraction of sp³-hybridized carbons (Fsp3) is 0.286. The summed E-state index contributed by atoms with van der Waals surface area (Å²) >= 11 is 1.19. The van der Waals surface area contributed by atoms with E-state index in [0.717, 1.165) is 5.56 Å². The highest BCUT2D eigenvalue weighted by Gasteiger charge is 2.21. The van der Waals surface area contributed by atoms with E-state index in [4.69, 9.17) is 9.47 Å². The van der Waals surface area contributed by atoms with E-state index in [0.29, 0.717) is 27.1 Å². The molecule has 1 N–H and O–H groups in total.